The summed E-state index contributed by atoms with van der Waals surface area (Å²) in [6, 6.07) is 0. The van der Waals surface area contributed by atoms with Gasteiger partial charge in [-0.3, -0.25) is 38.4 Å². The Morgan fingerprint density at radius 2 is 0.871 bits per heavy atom. The molecule has 400 valence electrons. The van der Waals surface area contributed by atoms with E-state index in [1.807, 2.05) is 0 Å². The first-order valence-corrected chi connectivity index (χ1v) is 21.2. The molecular weight excluding hydrogens is 960 g/mol. The summed E-state index contributed by atoms with van der Waals surface area (Å²) in [5.41, 5.74) is 0. The number of carbonyl (C=O) groups excluding carboxylic acids is 8. The first kappa shape index (κ1) is 59.5. The van der Waals surface area contributed by atoms with Crippen LogP contribution in [0.1, 0.15) is 55.4 Å². The van der Waals surface area contributed by atoms with E-state index in [0.29, 0.717) is 0 Å². The van der Waals surface area contributed by atoms with Crippen LogP contribution < -0.4 is 0 Å². The molecule has 0 radical (unpaired) electrons. The van der Waals surface area contributed by atoms with E-state index >= 15 is 0 Å². The van der Waals surface area contributed by atoms with E-state index < -0.39 is 197 Å². The van der Waals surface area contributed by atoms with Crippen molar-refractivity contribution in [2.24, 2.45) is 0 Å². The van der Waals surface area contributed by atoms with Crippen molar-refractivity contribution in [3.8, 4) is 0 Å². The zero-order valence-electron chi connectivity index (χ0n) is 39.0. The van der Waals surface area contributed by atoms with Crippen molar-refractivity contribution in [1.29, 1.82) is 0 Å². The number of aliphatic hydroxyl groups excluding tert-OH is 8. The van der Waals surface area contributed by atoms with Crippen LogP contribution in [0.4, 0.5) is 0 Å². The minimum Gasteiger partial charge on any atom is -0.463 e. The normalized spacial score (nSPS) is 36.8. The number of aliphatic hydroxyl groups is 8. The minimum absolute atomic E-state index is 0.588. The first-order valence-electron chi connectivity index (χ1n) is 21.2. The van der Waals surface area contributed by atoms with Crippen molar-refractivity contribution >= 4 is 47.8 Å². The van der Waals surface area contributed by atoms with E-state index in [0.717, 1.165) is 55.4 Å². The molecule has 0 aromatic heterocycles. The van der Waals surface area contributed by atoms with Gasteiger partial charge in [-0.2, -0.15) is 0 Å². The third-order valence-electron chi connectivity index (χ3n) is 10.3. The molecule has 4 heterocycles. The van der Waals surface area contributed by atoms with Crippen LogP contribution >= 0.6 is 0 Å². The van der Waals surface area contributed by atoms with Crippen molar-refractivity contribution in [3.05, 3.63) is 0 Å². The summed E-state index contributed by atoms with van der Waals surface area (Å²) < 4.78 is 75.9. The molecular formula is C40H60O30. The van der Waals surface area contributed by atoms with Gasteiger partial charge in [0, 0.05) is 55.4 Å². The monoisotopic (exact) mass is 1020 g/mol. The lowest BCUT2D eigenvalue weighted by Gasteiger charge is -2.46. The van der Waals surface area contributed by atoms with Crippen LogP contribution in [-0.2, 0) is 105 Å². The Bertz CT molecular complexity index is 1830. The number of hydrogen-bond donors (Lipinski definition) is 8. The molecule has 30 nitrogen and oxygen atoms in total. The SMILES string of the molecule is CC(=O)OC[C@H]1O[C@@](COC(C)=O)(O[C@H]2O[C@H](COC(C)=O)[C@@H](OC(C)=O)[C@H](OC(C)=O)[C@H]2OC(C)=O)[C@@H](OC(C)=O)[C@@H]1OC(C)=O.OC[C@H]1O[C@@](CO)(O[C@H]2O[C@H](CO)[C@@H](O)[C@H](O)[C@H]2O)[C@@H](O)[C@@H]1O. The van der Waals surface area contributed by atoms with Crippen LogP contribution in [0.3, 0.4) is 0 Å². The maximum atomic E-state index is 12.3. The van der Waals surface area contributed by atoms with Gasteiger partial charge >= 0.3 is 47.8 Å². The Morgan fingerprint density at radius 3 is 1.34 bits per heavy atom. The zero-order valence-corrected chi connectivity index (χ0v) is 39.0. The van der Waals surface area contributed by atoms with Gasteiger partial charge < -0.3 is 107 Å². The molecule has 0 amide bonds. The molecule has 70 heavy (non-hydrogen) atoms. The Kier molecular flexibility index (Phi) is 22.2. The Balaban J connectivity index is 0.000000468. The second kappa shape index (κ2) is 26.1. The fraction of sp³-hybridized carbons (Fsp3) is 0.800. The molecule has 0 bridgehead atoms. The molecule has 0 aromatic carbocycles. The van der Waals surface area contributed by atoms with Gasteiger partial charge in [-0.1, -0.05) is 0 Å². The zero-order chi connectivity index (χ0) is 53.0. The lowest BCUT2D eigenvalue weighted by Crippen LogP contribution is -2.65. The first-order chi connectivity index (χ1) is 32.7. The summed E-state index contributed by atoms with van der Waals surface area (Å²) in [5.74, 6) is -11.8. The molecule has 4 fully saturated rings. The quantitative estimate of drug-likeness (QED) is 0.0468. The fourth-order valence-corrected chi connectivity index (χ4v) is 7.39. The predicted octanol–water partition coefficient (Wildman–Crippen LogP) is -6.22. The molecule has 4 aliphatic rings. The summed E-state index contributed by atoms with van der Waals surface area (Å²) in [4.78, 5) is 96.4. The number of hydrogen-bond acceptors (Lipinski definition) is 30. The van der Waals surface area contributed by atoms with Crippen LogP contribution in [-0.4, -0.2) is 238 Å². The second-order valence-electron chi connectivity index (χ2n) is 15.9. The van der Waals surface area contributed by atoms with Gasteiger partial charge in [0.1, 0.15) is 81.4 Å². The highest BCUT2D eigenvalue weighted by atomic mass is 16.8. The third kappa shape index (κ3) is 15.4. The summed E-state index contributed by atoms with van der Waals surface area (Å²) >= 11 is 0. The standard InChI is InChI=1S/C28H38O19.C12H22O11/c1-12(29)37-9-20-22(40-15(4)32)24(42-17(6)34)25(43-18(7)35)27(45-20)47-28(11-39-14(3)31)26(44-19(8)36)23(41-16(5)33)21(46-28)10-38-13(2)30;13-1-4-6(16)8(18)9(19)11(21-4)23-12(3-15)10(20)7(17)5(2-14)22-12/h20-27H,9-11H2,1-8H3;4-11,13-20H,1-3H2/t20-,21-,22-,23-,24+,25-,26+,27-,28+;4-,5-,6-,7-,8+,9-,10+,11-,12+/m11/s1. The van der Waals surface area contributed by atoms with E-state index in [9.17, 15) is 69.0 Å². The van der Waals surface area contributed by atoms with Gasteiger partial charge in [0.15, 0.2) is 36.8 Å². The van der Waals surface area contributed by atoms with Crippen molar-refractivity contribution in [3.63, 3.8) is 0 Å². The lowest BCUT2D eigenvalue weighted by molar-refractivity contribution is -0.384. The number of carbonyl (C=O) groups is 8. The molecule has 18 atom stereocenters. The fourth-order valence-electron chi connectivity index (χ4n) is 7.39. The maximum absolute atomic E-state index is 12.3. The highest BCUT2D eigenvalue weighted by Crippen LogP contribution is 2.42. The van der Waals surface area contributed by atoms with E-state index in [2.05, 4.69) is 0 Å². The molecule has 8 N–H and O–H groups in total. The molecule has 0 saturated carbocycles. The van der Waals surface area contributed by atoms with E-state index in [-0.39, 0.29) is 0 Å². The largest absolute Gasteiger partial charge is 0.463 e. The van der Waals surface area contributed by atoms with E-state index in [4.69, 9.17) is 76.5 Å². The topological polar surface area (TPSA) is 428 Å². The smallest absolute Gasteiger partial charge is 0.303 e. The molecule has 0 spiro atoms. The molecule has 4 rings (SSSR count). The number of rotatable bonds is 18. The predicted molar refractivity (Wildman–Crippen MR) is 214 cm³/mol. The molecule has 4 saturated heterocycles. The summed E-state index contributed by atoms with van der Waals surface area (Å²) in [6.07, 6.45) is -25.8. The Morgan fingerprint density at radius 1 is 0.429 bits per heavy atom. The van der Waals surface area contributed by atoms with Gasteiger partial charge in [0.05, 0.1) is 13.2 Å². The van der Waals surface area contributed by atoms with E-state index in [1.54, 1.807) is 0 Å². The van der Waals surface area contributed by atoms with Crippen LogP contribution in [0.15, 0.2) is 0 Å². The van der Waals surface area contributed by atoms with Crippen LogP contribution in [0.25, 0.3) is 0 Å². The van der Waals surface area contributed by atoms with Crippen LogP contribution in [0.2, 0.25) is 0 Å². The van der Waals surface area contributed by atoms with Crippen molar-refractivity contribution in [1.82, 2.24) is 0 Å². The molecule has 0 aromatic rings. The Labute approximate surface area is 397 Å². The third-order valence-corrected chi connectivity index (χ3v) is 10.3. The highest BCUT2D eigenvalue weighted by molar-refractivity contribution is 5.70. The highest BCUT2D eigenvalue weighted by Gasteiger charge is 2.65. The Hall–Kier alpha value is -4.80. The number of esters is 8. The van der Waals surface area contributed by atoms with Gasteiger partial charge in [-0.25, -0.2) is 0 Å². The average molecular weight is 1020 g/mol. The van der Waals surface area contributed by atoms with Gasteiger partial charge in [-0.15, -0.1) is 0 Å². The van der Waals surface area contributed by atoms with Gasteiger partial charge in [-0.05, 0) is 0 Å². The average Bonchev–Trinajstić information content (AvgIpc) is 3.67. The van der Waals surface area contributed by atoms with Crippen LogP contribution in [0.5, 0.6) is 0 Å². The molecule has 0 aliphatic carbocycles. The molecule has 30 heteroatoms. The second-order valence-corrected chi connectivity index (χ2v) is 15.9. The van der Waals surface area contributed by atoms with E-state index in [1.165, 1.54) is 0 Å². The lowest BCUT2D eigenvalue weighted by atomic mass is 9.97. The van der Waals surface area contributed by atoms with Crippen LogP contribution in [0, 0.1) is 0 Å². The van der Waals surface area contributed by atoms with Gasteiger partial charge in [0.2, 0.25) is 17.9 Å². The van der Waals surface area contributed by atoms with Crippen molar-refractivity contribution in [2.75, 3.05) is 39.6 Å². The summed E-state index contributed by atoms with van der Waals surface area (Å²) in [6.45, 7) is 3.80. The molecule has 0 unspecified atom stereocenters. The summed E-state index contributed by atoms with van der Waals surface area (Å²) in [7, 11) is 0. The number of ether oxygens (including phenoxy) is 14. The minimum atomic E-state index is -2.48. The van der Waals surface area contributed by atoms with Crippen molar-refractivity contribution in [2.45, 2.75) is 165 Å². The van der Waals surface area contributed by atoms with Gasteiger partial charge in [0.25, 0.3) is 0 Å². The van der Waals surface area contributed by atoms with Crippen molar-refractivity contribution < 1.29 is 146 Å². The summed E-state index contributed by atoms with van der Waals surface area (Å²) in [5, 5.41) is 76.7. The molecule has 4 aliphatic heterocycles. The maximum Gasteiger partial charge on any atom is 0.303 e.